The van der Waals surface area contributed by atoms with E-state index in [0.29, 0.717) is 17.5 Å². The number of nitrogens with zero attached hydrogens (tertiary/aromatic N) is 2. The molecule has 35 heavy (non-hydrogen) atoms. The first kappa shape index (κ1) is 24.0. The summed E-state index contributed by atoms with van der Waals surface area (Å²) in [6, 6.07) is 5.96. The fraction of sp³-hybridized carbons (Fsp3) is 0.520. The lowest BCUT2D eigenvalue weighted by atomic mass is 10.0. The quantitative estimate of drug-likeness (QED) is 0.267. The van der Waals surface area contributed by atoms with Crippen LogP contribution in [0.15, 0.2) is 29.2 Å². The van der Waals surface area contributed by atoms with Crippen LogP contribution in [0, 0.1) is 0 Å². The fourth-order valence-corrected chi connectivity index (χ4v) is 4.87. The Balaban J connectivity index is 1.49. The summed E-state index contributed by atoms with van der Waals surface area (Å²) in [7, 11) is -1.23. The number of alkyl halides is 2. The van der Waals surface area contributed by atoms with Crippen molar-refractivity contribution in [2.45, 2.75) is 76.7 Å². The average Bonchev–Trinajstić information content (AvgIpc) is 3.72. The molecule has 10 heteroatoms. The lowest BCUT2D eigenvalue weighted by Gasteiger charge is -2.15. The molecule has 0 bridgehead atoms. The highest BCUT2D eigenvalue weighted by molar-refractivity contribution is 6.76. The number of H-pyrrole nitrogens is 1. The summed E-state index contributed by atoms with van der Waals surface area (Å²) in [6.07, 6.45) is 5.45. The number of halogens is 2. The maximum absolute atomic E-state index is 13.4. The molecule has 0 atom stereocenters. The number of hydrogen-bond acceptors (Lipinski definition) is 5. The first-order chi connectivity index (χ1) is 16.7. The molecule has 2 heterocycles. The number of fused-ring (bicyclic) bond motifs is 1. The Labute approximate surface area is 203 Å². The first-order valence-corrected chi connectivity index (χ1v) is 15.9. The molecule has 0 saturated heterocycles. The lowest BCUT2D eigenvalue weighted by molar-refractivity contribution is -0.0516. The largest absolute Gasteiger partial charge is 0.487 e. The molecule has 0 aliphatic heterocycles. The summed E-state index contributed by atoms with van der Waals surface area (Å²) in [4.78, 5) is 16.8. The predicted molar refractivity (Wildman–Crippen MR) is 132 cm³/mol. The fourth-order valence-electron chi connectivity index (χ4n) is 4.11. The molecule has 2 aliphatic rings. The van der Waals surface area contributed by atoms with Crippen LogP contribution in [-0.4, -0.2) is 42.2 Å². The number of hydrogen-bond donors (Lipinski definition) is 1. The molecule has 1 aromatic carbocycles. The van der Waals surface area contributed by atoms with E-state index in [2.05, 4.69) is 34.5 Å². The molecule has 5 rings (SSSR count). The Kier molecular flexibility index (Phi) is 6.43. The van der Waals surface area contributed by atoms with Crippen LogP contribution in [0.25, 0.3) is 22.2 Å². The van der Waals surface area contributed by atoms with Crippen molar-refractivity contribution in [2.24, 2.45) is 0 Å². The van der Waals surface area contributed by atoms with Gasteiger partial charge in [0.25, 0.3) is 5.56 Å². The van der Waals surface area contributed by atoms with Crippen molar-refractivity contribution in [3.63, 3.8) is 0 Å². The summed E-state index contributed by atoms with van der Waals surface area (Å²) in [5.41, 5.74) is 2.97. The van der Waals surface area contributed by atoms with Crippen molar-refractivity contribution in [3.05, 3.63) is 40.3 Å². The van der Waals surface area contributed by atoms with Gasteiger partial charge in [-0.15, -0.1) is 0 Å². The Morgan fingerprint density at radius 1 is 1.17 bits per heavy atom. The van der Waals surface area contributed by atoms with Gasteiger partial charge < -0.3 is 19.2 Å². The number of aromatic amines is 1. The van der Waals surface area contributed by atoms with Crippen molar-refractivity contribution in [2.75, 3.05) is 6.61 Å². The molecule has 2 fully saturated rings. The molecule has 0 radical (unpaired) electrons. The van der Waals surface area contributed by atoms with E-state index in [1.54, 1.807) is 18.3 Å². The van der Waals surface area contributed by atoms with Crippen molar-refractivity contribution in [3.8, 4) is 22.8 Å². The third-order valence-electron chi connectivity index (χ3n) is 6.30. The van der Waals surface area contributed by atoms with Crippen LogP contribution in [0.4, 0.5) is 8.78 Å². The number of nitrogens with one attached hydrogen (secondary N) is 1. The van der Waals surface area contributed by atoms with E-state index in [0.717, 1.165) is 48.5 Å². The molecule has 0 amide bonds. The van der Waals surface area contributed by atoms with E-state index < -0.39 is 14.7 Å². The third-order valence-corrected chi connectivity index (χ3v) is 8.01. The van der Waals surface area contributed by atoms with Crippen LogP contribution >= 0.6 is 0 Å². The zero-order valence-electron chi connectivity index (χ0n) is 20.3. The van der Waals surface area contributed by atoms with Crippen LogP contribution in [0.1, 0.15) is 37.2 Å². The van der Waals surface area contributed by atoms with Crippen LogP contribution in [0.2, 0.25) is 25.7 Å². The summed E-state index contributed by atoms with van der Waals surface area (Å²) in [5.74, 6) is 0.566. The van der Waals surface area contributed by atoms with Crippen LogP contribution in [-0.2, 0) is 11.5 Å². The van der Waals surface area contributed by atoms with Crippen molar-refractivity contribution >= 4 is 19.0 Å². The van der Waals surface area contributed by atoms with E-state index in [1.165, 1.54) is 10.7 Å². The number of benzene rings is 1. The van der Waals surface area contributed by atoms with Crippen LogP contribution in [0.5, 0.6) is 11.5 Å². The Bertz CT molecular complexity index is 1280. The van der Waals surface area contributed by atoms with E-state index in [4.69, 9.17) is 9.47 Å². The van der Waals surface area contributed by atoms with Crippen molar-refractivity contribution in [1.29, 1.82) is 0 Å². The molecule has 1 N–H and O–H groups in total. The van der Waals surface area contributed by atoms with Crippen LogP contribution < -0.4 is 15.0 Å². The molecule has 7 nitrogen and oxygen atoms in total. The van der Waals surface area contributed by atoms with E-state index in [1.807, 2.05) is 0 Å². The maximum atomic E-state index is 13.4. The molecule has 2 aromatic heterocycles. The molecule has 0 spiro atoms. The SMILES string of the molecule is C[Si](C)(C)CCOCn1ncc2[nH]c(-c3ccc(OC(F)F)c(OC4CC4)c3)c(C3CC3)c2c1=O. The van der Waals surface area contributed by atoms with Crippen molar-refractivity contribution < 1.29 is 23.0 Å². The van der Waals surface area contributed by atoms with E-state index in [-0.39, 0.29) is 35.8 Å². The van der Waals surface area contributed by atoms with E-state index >= 15 is 0 Å². The van der Waals surface area contributed by atoms with Gasteiger partial charge >= 0.3 is 6.61 Å². The standard InChI is InChI=1S/C25H31F2N3O4Si/c1-35(2,3)11-10-32-14-30-24(31)22-18(13-28-30)29-23(21(22)15-4-5-15)16-6-9-19(34-25(26)27)20(12-16)33-17-7-8-17/h6,9,12-13,15,17,25,29H,4-5,7-8,10-11,14H2,1-3H3. The predicted octanol–water partition coefficient (Wildman–Crippen LogP) is 5.72. The monoisotopic (exact) mass is 503 g/mol. The topological polar surface area (TPSA) is 78.4 Å². The molecular weight excluding hydrogens is 472 g/mol. The van der Waals surface area contributed by atoms with Crippen LogP contribution in [0.3, 0.4) is 0 Å². The summed E-state index contributed by atoms with van der Waals surface area (Å²) >= 11 is 0. The minimum absolute atomic E-state index is 0.0132. The summed E-state index contributed by atoms with van der Waals surface area (Å²) < 4.78 is 43.5. The van der Waals surface area contributed by atoms with Gasteiger partial charge in [0.2, 0.25) is 0 Å². The molecule has 188 valence electrons. The zero-order valence-corrected chi connectivity index (χ0v) is 21.3. The second-order valence-corrected chi connectivity index (χ2v) is 16.3. The Morgan fingerprint density at radius 2 is 1.94 bits per heavy atom. The second kappa shape index (κ2) is 9.38. The van der Waals surface area contributed by atoms with Gasteiger partial charge in [0, 0.05) is 20.2 Å². The summed E-state index contributed by atoms with van der Waals surface area (Å²) in [6.45, 7) is 4.63. The van der Waals surface area contributed by atoms with Gasteiger partial charge in [-0.25, -0.2) is 4.68 Å². The van der Waals surface area contributed by atoms with Gasteiger partial charge in [0.05, 0.1) is 28.9 Å². The Morgan fingerprint density at radius 3 is 2.60 bits per heavy atom. The number of ether oxygens (including phenoxy) is 3. The highest BCUT2D eigenvalue weighted by Crippen LogP contribution is 2.48. The molecule has 0 unspecified atom stereocenters. The summed E-state index contributed by atoms with van der Waals surface area (Å²) in [5, 5.41) is 4.93. The highest BCUT2D eigenvalue weighted by atomic mass is 28.3. The van der Waals surface area contributed by atoms with Gasteiger partial charge in [-0.05, 0) is 61.4 Å². The molecule has 3 aromatic rings. The maximum Gasteiger partial charge on any atom is 0.387 e. The highest BCUT2D eigenvalue weighted by Gasteiger charge is 2.32. The van der Waals surface area contributed by atoms with Gasteiger partial charge in [-0.3, -0.25) is 4.79 Å². The lowest BCUT2D eigenvalue weighted by Crippen LogP contribution is -2.26. The molecule has 2 aliphatic carbocycles. The minimum atomic E-state index is -2.94. The van der Waals surface area contributed by atoms with Crippen molar-refractivity contribution in [1.82, 2.24) is 14.8 Å². The first-order valence-electron chi connectivity index (χ1n) is 12.1. The molecule has 2 saturated carbocycles. The normalized spacial score (nSPS) is 16.3. The average molecular weight is 504 g/mol. The minimum Gasteiger partial charge on any atom is -0.487 e. The van der Waals surface area contributed by atoms with E-state index in [9.17, 15) is 13.6 Å². The smallest absolute Gasteiger partial charge is 0.387 e. The number of aromatic nitrogens is 3. The van der Waals surface area contributed by atoms with Gasteiger partial charge in [0.15, 0.2) is 11.5 Å². The van der Waals surface area contributed by atoms with Gasteiger partial charge in [-0.2, -0.15) is 13.9 Å². The number of rotatable bonds is 11. The van der Waals surface area contributed by atoms with Gasteiger partial charge in [-0.1, -0.05) is 19.6 Å². The Hall–Kier alpha value is -2.72. The third kappa shape index (κ3) is 5.59. The second-order valence-electron chi connectivity index (χ2n) is 10.6. The molecular formula is C25H31F2N3O4Si. The van der Waals surface area contributed by atoms with Gasteiger partial charge in [0.1, 0.15) is 6.73 Å². The zero-order chi connectivity index (χ0) is 24.7.